The molecule has 0 spiro atoms. The van der Waals surface area contributed by atoms with Gasteiger partial charge in [0.2, 0.25) is 0 Å². The number of halogens is 1. The van der Waals surface area contributed by atoms with E-state index in [1.807, 2.05) is 0 Å². The molecular weight excluding hydrogens is 263 g/mol. The number of aryl methyl sites for hydroxylation is 2. The van der Waals surface area contributed by atoms with Gasteiger partial charge in [-0.1, -0.05) is 36.4 Å². The molecule has 2 aromatic carbocycles. The number of hydrogen-bond acceptors (Lipinski definition) is 1. The molecular formula is C19H19FO. The lowest BCUT2D eigenvalue weighted by Crippen LogP contribution is -2.03. The zero-order valence-electron chi connectivity index (χ0n) is 12.1. The van der Waals surface area contributed by atoms with Gasteiger partial charge in [-0.2, -0.15) is 0 Å². The van der Waals surface area contributed by atoms with Gasteiger partial charge in [-0.3, -0.25) is 0 Å². The maximum Gasteiger partial charge on any atom is 0.126 e. The molecule has 4 atom stereocenters. The van der Waals surface area contributed by atoms with Crippen LogP contribution in [0, 0.1) is 24.6 Å². The molecule has 1 N–H and O–H groups in total. The molecule has 2 aliphatic rings. The average molecular weight is 282 g/mol. The fourth-order valence-electron chi connectivity index (χ4n) is 4.12. The van der Waals surface area contributed by atoms with E-state index in [0.29, 0.717) is 23.3 Å². The predicted octanol–water partition coefficient (Wildman–Crippen LogP) is 4.14. The van der Waals surface area contributed by atoms with Gasteiger partial charge < -0.3 is 5.11 Å². The normalized spacial score (nSPS) is 27.7. The highest BCUT2D eigenvalue weighted by atomic mass is 19.1. The Labute approximate surface area is 124 Å². The van der Waals surface area contributed by atoms with Crippen LogP contribution in [0.1, 0.15) is 40.7 Å². The topological polar surface area (TPSA) is 20.2 Å². The highest BCUT2D eigenvalue weighted by Crippen LogP contribution is 2.64. The first-order valence-corrected chi connectivity index (χ1v) is 7.69. The Bertz CT molecular complexity index is 694. The summed E-state index contributed by atoms with van der Waals surface area (Å²) in [6, 6.07) is 13.6. The van der Waals surface area contributed by atoms with Crippen molar-refractivity contribution in [3.63, 3.8) is 0 Å². The maximum absolute atomic E-state index is 13.4. The molecule has 0 aliphatic heterocycles. The van der Waals surface area contributed by atoms with Crippen LogP contribution in [0.5, 0.6) is 0 Å². The summed E-state index contributed by atoms with van der Waals surface area (Å²) in [5.41, 5.74) is 4.31. The van der Waals surface area contributed by atoms with E-state index in [9.17, 15) is 9.50 Å². The number of fused-ring (bicyclic) bond motifs is 3. The number of rotatable bonds is 2. The van der Waals surface area contributed by atoms with Gasteiger partial charge in [-0.15, -0.1) is 0 Å². The van der Waals surface area contributed by atoms with Crippen LogP contribution in [0.15, 0.2) is 42.5 Å². The largest absolute Gasteiger partial charge is 0.388 e. The maximum atomic E-state index is 13.4. The van der Waals surface area contributed by atoms with Crippen LogP contribution in [0.3, 0.4) is 0 Å². The van der Waals surface area contributed by atoms with Crippen molar-refractivity contribution in [2.45, 2.75) is 31.8 Å². The molecule has 0 aromatic heterocycles. The third kappa shape index (κ3) is 2.01. The van der Waals surface area contributed by atoms with Gasteiger partial charge in [0.15, 0.2) is 0 Å². The van der Waals surface area contributed by atoms with Gasteiger partial charge in [0.25, 0.3) is 0 Å². The molecule has 0 heterocycles. The minimum Gasteiger partial charge on any atom is -0.388 e. The summed E-state index contributed by atoms with van der Waals surface area (Å²) in [7, 11) is 0. The van der Waals surface area contributed by atoms with Gasteiger partial charge in [0.05, 0.1) is 6.10 Å². The Morgan fingerprint density at radius 2 is 2.00 bits per heavy atom. The molecule has 0 saturated heterocycles. The Morgan fingerprint density at radius 3 is 2.81 bits per heavy atom. The Morgan fingerprint density at radius 1 is 1.19 bits per heavy atom. The summed E-state index contributed by atoms with van der Waals surface area (Å²) in [5.74, 6) is 1.15. The summed E-state index contributed by atoms with van der Waals surface area (Å²) in [6.07, 6.45) is 1.79. The summed E-state index contributed by atoms with van der Waals surface area (Å²) in [4.78, 5) is 0. The van der Waals surface area contributed by atoms with Crippen molar-refractivity contribution in [3.8, 4) is 0 Å². The molecule has 1 nitrogen and oxygen atoms in total. The molecule has 4 unspecified atom stereocenters. The summed E-state index contributed by atoms with van der Waals surface area (Å²) in [6.45, 7) is 1.75. The zero-order valence-corrected chi connectivity index (χ0v) is 12.1. The minimum atomic E-state index is -0.481. The zero-order chi connectivity index (χ0) is 14.6. The quantitative estimate of drug-likeness (QED) is 0.877. The molecule has 0 amide bonds. The van der Waals surface area contributed by atoms with Crippen LogP contribution in [-0.4, -0.2) is 5.11 Å². The van der Waals surface area contributed by atoms with Crippen LogP contribution >= 0.6 is 0 Å². The lowest BCUT2D eigenvalue weighted by molar-refractivity contribution is 0.145. The van der Waals surface area contributed by atoms with Crippen LogP contribution < -0.4 is 0 Å². The average Bonchev–Trinajstić information content (AvgIpc) is 3.24. The summed E-state index contributed by atoms with van der Waals surface area (Å²) >= 11 is 0. The smallest absolute Gasteiger partial charge is 0.126 e. The monoisotopic (exact) mass is 282 g/mol. The van der Waals surface area contributed by atoms with E-state index in [2.05, 4.69) is 24.3 Å². The molecule has 0 radical (unpaired) electrons. The van der Waals surface area contributed by atoms with Crippen molar-refractivity contribution in [3.05, 3.63) is 70.5 Å². The van der Waals surface area contributed by atoms with E-state index in [1.165, 1.54) is 17.2 Å². The molecule has 2 aromatic rings. The van der Waals surface area contributed by atoms with E-state index < -0.39 is 6.10 Å². The lowest BCUT2D eigenvalue weighted by Gasteiger charge is -2.13. The van der Waals surface area contributed by atoms with E-state index in [1.54, 1.807) is 19.1 Å². The van der Waals surface area contributed by atoms with Gasteiger partial charge in [-0.05, 0) is 65.8 Å². The van der Waals surface area contributed by atoms with Crippen molar-refractivity contribution in [1.29, 1.82) is 0 Å². The molecule has 4 rings (SSSR count). The molecule has 0 bridgehead atoms. The van der Waals surface area contributed by atoms with E-state index in [4.69, 9.17) is 0 Å². The minimum absolute atomic E-state index is 0.204. The Balaban J connectivity index is 1.63. The molecule has 21 heavy (non-hydrogen) atoms. The first-order chi connectivity index (χ1) is 10.2. The number of benzene rings is 2. The van der Waals surface area contributed by atoms with Crippen molar-refractivity contribution in [2.24, 2.45) is 11.8 Å². The van der Waals surface area contributed by atoms with Gasteiger partial charge in [0.1, 0.15) is 5.82 Å². The second-order valence-electron chi connectivity index (χ2n) is 6.46. The fraction of sp³-hybridized carbons (Fsp3) is 0.368. The van der Waals surface area contributed by atoms with Gasteiger partial charge in [0, 0.05) is 0 Å². The van der Waals surface area contributed by atoms with Crippen molar-refractivity contribution in [2.75, 3.05) is 0 Å². The molecule has 2 heteroatoms. The first-order valence-electron chi connectivity index (χ1n) is 7.69. The van der Waals surface area contributed by atoms with E-state index in [0.717, 1.165) is 18.4 Å². The Kier molecular flexibility index (Phi) is 2.90. The van der Waals surface area contributed by atoms with Gasteiger partial charge >= 0.3 is 0 Å². The van der Waals surface area contributed by atoms with Crippen LogP contribution in [0.2, 0.25) is 0 Å². The summed E-state index contributed by atoms with van der Waals surface area (Å²) in [5, 5.41) is 10.7. The first kappa shape index (κ1) is 13.0. The van der Waals surface area contributed by atoms with Crippen molar-refractivity contribution >= 4 is 0 Å². The third-order valence-corrected chi connectivity index (χ3v) is 5.28. The second kappa shape index (κ2) is 4.67. The highest BCUT2D eigenvalue weighted by molar-refractivity contribution is 5.41. The molecule has 1 fully saturated rings. The second-order valence-corrected chi connectivity index (χ2v) is 6.46. The van der Waals surface area contributed by atoms with Crippen LogP contribution in [0.4, 0.5) is 4.39 Å². The highest BCUT2D eigenvalue weighted by Gasteiger charge is 2.56. The van der Waals surface area contributed by atoms with Crippen LogP contribution in [0.25, 0.3) is 0 Å². The number of aliphatic hydroxyl groups excluding tert-OH is 1. The number of hydrogen-bond donors (Lipinski definition) is 1. The predicted molar refractivity (Wildman–Crippen MR) is 80.6 cm³/mol. The van der Waals surface area contributed by atoms with Crippen molar-refractivity contribution in [1.82, 2.24) is 0 Å². The molecule has 1 saturated carbocycles. The Hall–Kier alpha value is -1.67. The van der Waals surface area contributed by atoms with Crippen molar-refractivity contribution < 1.29 is 9.50 Å². The number of aliphatic hydroxyl groups is 1. The van der Waals surface area contributed by atoms with E-state index >= 15 is 0 Å². The third-order valence-electron chi connectivity index (χ3n) is 5.28. The lowest BCUT2D eigenvalue weighted by atomic mass is 9.92. The summed E-state index contributed by atoms with van der Waals surface area (Å²) < 4.78 is 13.4. The molecule has 108 valence electrons. The van der Waals surface area contributed by atoms with Gasteiger partial charge in [-0.25, -0.2) is 4.39 Å². The standard InChI is InChI=1S/C19H19FO/c1-11-10-13(7-9-16(11)20)19(21)18-15-8-6-12-4-2-3-5-14(12)17(15)18/h2-5,7,9-10,15,17-19,21H,6,8H2,1H3. The molecule has 2 aliphatic carbocycles. The SMILES string of the molecule is Cc1cc(C(O)C2C3CCc4ccccc4C32)ccc1F. The van der Waals surface area contributed by atoms with Crippen LogP contribution in [-0.2, 0) is 6.42 Å². The van der Waals surface area contributed by atoms with E-state index in [-0.39, 0.29) is 5.82 Å². The fourth-order valence-corrected chi connectivity index (χ4v) is 4.12.